The van der Waals surface area contributed by atoms with E-state index < -0.39 is 0 Å². The fraction of sp³-hybridized carbons (Fsp3) is 0.579. The van der Waals surface area contributed by atoms with Crippen LogP contribution in [0.5, 0.6) is 0 Å². The van der Waals surface area contributed by atoms with Crippen molar-refractivity contribution in [1.29, 1.82) is 5.26 Å². The molecule has 2 aromatic rings. The lowest BCUT2D eigenvalue weighted by Crippen LogP contribution is -2.13. The van der Waals surface area contributed by atoms with Crippen molar-refractivity contribution in [2.45, 2.75) is 64.3 Å². The topological polar surface area (TPSA) is 75.0 Å². The van der Waals surface area contributed by atoms with Crippen LogP contribution >= 0.6 is 0 Å². The average Bonchev–Trinajstić information content (AvgIpc) is 3.28. The van der Waals surface area contributed by atoms with Crippen molar-refractivity contribution in [3.8, 4) is 6.07 Å². The van der Waals surface area contributed by atoms with Crippen molar-refractivity contribution in [3.63, 3.8) is 0 Å². The Labute approximate surface area is 143 Å². The molecule has 5 nitrogen and oxygen atoms in total. The first-order valence-corrected chi connectivity index (χ1v) is 8.97. The standard InChI is InChI=1S/C19H25N3O2/c1-2-3-5-14-7-9-15(10-8-14)18-22-17(12-20)19(24-18)21-13-16-6-4-11-23-16/h4,6,11,14-15,21H,2-3,5,7-10,13H2,1H3. The van der Waals surface area contributed by atoms with Gasteiger partial charge in [0.15, 0.2) is 0 Å². The number of hydrogen-bond acceptors (Lipinski definition) is 5. The number of hydrogen-bond donors (Lipinski definition) is 1. The van der Waals surface area contributed by atoms with Gasteiger partial charge >= 0.3 is 0 Å². The second-order valence-electron chi connectivity index (χ2n) is 6.63. The van der Waals surface area contributed by atoms with E-state index in [9.17, 15) is 5.26 Å². The minimum Gasteiger partial charge on any atom is -0.467 e. The number of anilines is 1. The van der Waals surface area contributed by atoms with Gasteiger partial charge in [-0.1, -0.05) is 26.2 Å². The molecular formula is C19H25N3O2. The summed E-state index contributed by atoms with van der Waals surface area (Å²) in [5, 5.41) is 12.4. The molecule has 1 fully saturated rings. The molecule has 2 heterocycles. The smallest absolute Gasteiger partial charge is 0.232 e. The summed E-state index contributed by atoms with van der Waals surface area (Å²) in [6.07, 6.45) is 10.3. The van der Waals surface area contributed by atoms with E-state index in [1.165, 1.54) is 32.1 Å². The quantitative estimate of drug-likeness (QED) is 0.755. The zero-order chi connectivity index (χ0) is 16.8. The molecule has 1 aliphatic rings. The van der Waals surface area contributed by atoms with Crippen LogP contribution in [0, 0.1) is 17.2 Å². The first-order chi connectivity index (χ1) is 11.8. The summed E-state index contributed by atoms with van der Waals surface area (Å²) in [7, 11) is 0. The molecule has 0 saturated heterocycles. The summed E-state index contributed by atoms with van der Waals surface area (Å²) in [4.78, 5) is 4.42. The maximum atomic E-state index is 9.29. The molecule has 0 radical (unpaired) electrons. The first kappa shape index (κ1) is 16.6. The first-order valence-electron chi connectivity index (χ1n) is 8.97. The van der Waals surface area contributed by atoms with Gasteiger partial charge in [-0.25, -0.2) is 4.98 Å². The molecular weight excluding hydrogens is 302 g/mol. The van der Waals surface area contributed by atoms with Crippen molar-refractivity contribution in [3.05, 3.63) is 35.7 Å². The Morgan fingerprint density at radius 2 is 2.17 bits per heavy atom. The van der Waals surface area contributed by atoms with Crippen LogP contribution < -0.4 is 5.32 Å². The van der Waals surface area contributed by atoms with E-state index >= 15 is 0 Å². The second kappa shape index (κ2) is 8.05. The van der Waals surface area contributed by atoms with E-state index in [-0.39, 0.29) is 0 Å². The van der Waals surface area contributed by atoms with Gasteiger partial charge in [-0.3, -0.25) is 0 Å². The number of unbranched alkanes of at least 4 members (excludes halogenated alkanes) is 1. The summed E-state index contributed by atoms with van der Waals surface area (Å²) in [5.74, 6) is 3.16. The normalized spacial score (nSPS) is 20.7. The molecule has 24 heavy (non-hydrogen) atoms. The van der Waals surface area contributed by atoms with Gasteiger partial charge in [-0.15, -0.1) is 0 Å². The highest BCUT2D eigenvalue weighted by Crippen LogP contribution is 2.38. The van der Waals surface area contributed by atoms with Gasteiger partial charge in [0.25, 0.3) is 0 Å². The molecule has 0 amide bonds. The average molecular weight is 327 g/mol. The molecule has 0 atom stereocenters. The number of aromatic nitrogens is 1. The predicted molar refractivity (Wildman–Crippen MR) is 91.5 cm³/mol. The minimum absolute atomic E-state index is 0.338. The Morgan fingerprint density at radius 1 is 1.33 bits per heavy atom. The maximum absolute atomic E-state index is 9.29. The van der Waals surface area contributed by atoms with Crippen LogP contribution in [0.4, 0.5) is 5.88 Å². The third kappa shape index (κ3) is 4.00. The van der Waals surface area contributed by atoms with E-state index in [1.807, 2.05) is 12.1 Å². The Hall–Kier alpha value is -2.22. The minimum atomic E-state index is 0.338. The number of rotatable bonds is 7. The third-order valence-corrected chi connectivity index (χ3v) is 4.91. The molecule has 1 saturated carbocycles. The van der Waals surface area contributed by atoms with E-state index in [1.54, 1.807) is 6.26 Å². The second-order valence-corrected chi connectivity index (χ2v) is 6.63. The van der Waals surface area contributed by atoms with Crippen LogP contribution in [0.25, 0.3) is 0 Å². The summed E-state index contributed by atoms with van der Waals surface area (Å²) < 4.78 is 11.2. The van der Waals surface area contributed by atoms with E-state index in [0.717, 1.165) is 24.5 Å². The lowest BCUT2D eigenvalue weighted by atomic mass is 9.80. The van der Waals surface area contributed by atoms with Crippen molar-refractivity contribution < 1.29 is 8.83 Å². The van der Waals surface area contributed by atoms with Crippen molar-refractivity contribution in [1.82, 2.24) is 4.98 Å². The van der Waals surface area contributed by atoms with Crippen molar-refractivity contribution >= 4 is 5.88 Å². The van der Waals surface area contributed by atoms with Gasteiger partial charge < -0.3 is 14.2 Å². The number of nitrogens with zero attached hydrogens (tertiary/aromatic N) is 2. The molecule has 0 unspecified atom stereocenters. The number of furan rings is 1. The molecule has 2 aromatic heterocycles. The molecule has 3 rings (SSSR count). The largest absolute Gasteiger partial charge is 0.467 e. The van der Waals surface area contributed by atoms with Crippen LogP contribution in [-0.2, 0) is 6.54 Å². The molecule has 0 aliphatic heterocycles. The van der Waals surface area contributed by atoms with Gasteiger partial charge in [0.1, 0.15) is 11.8 Å². The summed E-state index contributed by atoms with van der Waals surface area (Å²) >= 11 is 0. The van der Waals surface area contributed by atoms with Gasteiger partial charge in [-0.05, 0) is 43.7 Å². The maximum Gasteiger partial charge on any atom is 0.232 e. The molecule has 0 spiro atoms. The lowest BCUT2D eigenvalue weighted by molar-refractivity contribution is 0.278. The van der Waals surface area contributed by atoms with Crippen LogP contribution in [0.2, 0.25) is 0 Å². The zero-order valence-electron chi connectivity index (χ0n) is 14.3. The zero-order valence-corrected chi connectivity index (χ0v) is 14.3. The number of nitrogens with one attached hydrogen (secondary N) is 1. The summed E-state index contributed by atoms with van der Waals surface area (Å²) in [6, 6.07) is 5.85. The van der Waals surface area contributed by atoms with Gasteiger partial charge in [-0.2, -0.15) is 5.26 Å². The number of oxazole rings is 1. The van der Waals surface area contributed by atoms with E-state index in [2.05, 4.69) is 23.3 Å². The van der Waals surface area contributed by atoms with Gasteiger partial charge in [0.05, 0.1) is 12.8 Å². The Balaban J connectivity index is 1.59. The highest BCUT2D eigenvalue weighted by atomic mass is 16.4. The molecule has 5 heteroatoms. The van der Waals surface area contributed by atoms with Gasteiger partial charge in [0.2, 0.25) is 17.5 Å². The van der Waals surface area contributed by atoms with E-state index in [4.69, 9.17) is 8.83 Å². The fourth-order valence-electron chi connectivity index (χ4n) is 3.48. The van der Waals surface area contributed by atoms with Crippen LogP contribution in [0.3, 0.4) is 0 Å². The molecule has 1 aliphatic carbocycles. The lowest BCUT2D eigenvalue weighted by Gasteiger charge is -2.26. The Morgan fingerprint density at radius 3 is 2.83 bits per heavy atom. The predicted octanol–water partition coefficient (Wildman–Crippen LogP) is 5.22. The van der Waals surface area contributed by atoms with Crippen LogP contribution in [0.15, 0.2) is 27.2 Å². The fourth-order valence-corrected chi connectivity index (χ4v) is 3.48. The van der Waals surface area contributed by atoms with E-state index in [0.29, 0.717) is 29.9 Å². The van der Waals surface area contributed by atoms with Crippen molar-refractivity contribution in [2.75, 3.05) is 5.32 Å². The van der Waals surface area contributed by atoms with Gasteiger partial charge in [0, 0.05) is 5.92 Å². The Bertz CT molecular complexity index is 661. The highest BCUT2D eigenvalue weighted by molar-refractivity contribution is 5.45. The molecule has 0 aromatic carbocycles. The summed E-state index contributed by atoms with van der Waals surface area (Å²) in [5.41, 5.74) is 0.338. The third-order valence-electron chi connectivity index (χ3n) is 4.91. The van der Waals surface area contributed by atoms with Crippen LogP contribution in [-0.4, -0.2) is 4.98 Å². The Kier molecular flexibility index (Phi) is 5.58. The SMILES string of the molecule is CCCCC1CCC(c2nc(C#N)c(NCc3ccco3)o2)CC1. The monoisotopic (exact) mass is 327 g/mol. The highest BCUT2D eigenvalue weighted by Gasteiger charge is 2.27. The number of nitriles is 1. The molecule has 1 N–H and O–H groups in total. The van der Waals surface area contributed by atoms with Crippen LogP contribution in [0.1, 0.15) is 75.1 Å². The summed E-state index contributed by atoms with van der Waals surface area (Å²) in [6.45, 7) is 2.74. The molecule has 0 bridgehead atoms. The van der Waals surface area contributed by atoms with Crippen molar-refractivity contribution in [2.24, 2.45) is 5.92 Å². The molecule has 128 valence electrons.